The SMILES string of the molecule is C=C(C)C=NC=C(C)C.CC.CCc1ccc(C)cc1.O=[S-](=O)c1ccc(F)cc1F.[CH2-]CC.[CH3-].[K+]. The second-order valence-corrected chi connectivity index (χ2v) is 7.89. The fourth-order valence-corrected chi connectivity index (χ4v) is 2.15. The maximum absolute atomic E-state index is 12.5. The molecule has 200 valence electrons. The molecule has 0 bridgehead atoms. The van der Waals surface area contributed by atoms with E-state index in [1.807, 2.05) is 47.7 Å². The molecule has 0 atom stereocenters. The Labute approximate surface area is 264 Å². The quantitative estimate of drug-likeness (QED) is 0.191. The molecule has 0 aliphatic carbocycles. The molecule has 0 aromatic heterocycles. The largest absolute Gasteiger partial charge is 1.00 e. The number of benzene rings is 2. The molecule has 0 aliphatic heterocycles. The summed E-state index contributed by atoms with van der Waals surface area (Å²) in [6, 6.07) is 10.9. The molecule has 2 aromatic rings. The Morgan fingerprint density at radius 3 is 1.83 bits per heavy atom. The van der Waals surface area contributed by atoms with Gasteiger partial charge in [0.05, 0.1) is 0 Å². The first-order chi connectivity index (χ1) is 16.0. The second-order valence-electron chi connectivity index (χ2n) is 6.98. The van der Waals surface area contributed by atoms with Crippen molar-refractivity contribution in [1.82, 2.24) is 0 Å². The van der Waals surface area contributed by atoms with Crippen LogP contribution in [0.25, 0.3) is 0 Å². The van der Waals surface area contributed by atoms with Crippen LogP contribution in [-0.2, 0) is 25.5 Å². The van der Waals surface area contributed by atoms with Crippen LogP contribution in [0.2, 0.25) is 0 Å². The summed E-state index contributed by atoms with van der Waals surface area (Å²) in [6.07, 6.45) is 5.70. The third-order valence-electron chi connectivity index (χ3n) is 3.23. The van der Waals surface area contributed by atoms with E-state index in [-0.39, 0.29) is 58.8 Å². The molecule has 7 heteroatoms. The molecule has 0 amide bonds. The molecule has 0 heterocycles. The minimum atomic E-state index is -2.64. The summed E-state index contributed by atoms with van der Waals surface area (Å²) in [5, 5.41) is 0. The van der Waals surface area contributed by atoms with Gasteiger partial charge in [-0.25, -0.2) is 8.78 Å². The number of nitrogens with zero attached hydrogens (tertiary/aromatic N) is 1. The van der Waals surface area contributed by atoms with Crippen molar-refractivity contribution in [2.45, 2.75) is 73.1 Å². The maximum Gasteiger partial charge on any atom is 1.00 e. The predicted octanol–water partition coefficient (Wildman–Crippen LogP) is 6.46. The van der Waals surface area contributed by atoms with Gasteiger partial charge in [-0.1, -0.05) is 75.7 Å². The zero-order valence-electron chi connectivity index (χ0n) is 24.0. The van der Waals surface area contributed by atoms with Crippen LogP contribution in [-0.4, -0.2) is 6.21 Å². The number of aliphatic imine (C=N–C) groups is 1. The van der Waals surface area contributed by atoms with Crippen molar-refractivity contribution < 1.29 is 68.6 Å². The minimum absolute atomic E-state index is 0. The number of hydrogen-bond acceptors (Lipinski definition) is 4. The Balaban J connectivity index is -0.000000120. The van der Waals surface area contributed by atoms with Crippen molar-refractivity contribution >= 4 is 16.9 Å². The minimum Gasteiger partial charge on any atom is -0.420 e. The molecule has 0 saturated heterocycles. The number of hydrogen-bond donors (Lipinski definition) is 0. The van der Waals surface area contributed by atoms with E-state index >= 15 is 0 Å². The molecular weight excluding hydrogens is 503 g/mol. The van der Waals surface area contributed by atoms with Crippen molar-refractivity contribution in [3.8, 4) is 0 Å². The Hall–Kier alpha value is -0.964. The van der Waals surface area contributed by atoms with Crippen LogP contribution >= 0.6 is 0 Å². The number of rotatable bonds is 4. The summed E-state index contributed by atoms with van der Waals surface area (Å²) < 4.78 is 45.0. The van der Waals surface area contributed by atoms with E-state index in [9.17, 15) is 17.2 Å². The van der Waals surface area contributed by atoms with Gasteiger partial charge in [-0.2, -0.15) is 6.42 Å². The van der Waals surface area contributed by atoms with Gasteiger partial charge in [0.2, 0.25) is 0 Å². The van der Waals surface area contributed by atoms with Crippen LogP contribution in [0.4, 0.5) is 8.78 Å². The van der Waals surface area contributed by atoms with Crippen molar-refractivity contribution in [3.63, 3.8) is 0 Å². The summed E-state index contributed by atoms with van der Waals surface area (Å²) in [6.45, 7) is 23.4. The van der Waals surface area contributed by atoms with Gasteiger partial charge < -0.3 is 22.8 Å². The fraction of sp³-hybridized carbons (Fsp3) is 0.345. The zero-order valence-corrected chi connectivity index (χ0v) is 27.9. The van der Waals surface area contributed by atoms with Gasteiger partial charge in [-0.3, -0.25) is 4.99 Å². The van der Waals surface area contributed by atoms with Crippen molar-refractivity contribution in [2.75, 3.05) is 0 Å². The Morgan fingerprint density at radius 2 is 1.50 bits per heavy atom. The first-order valence-corrected chi connectivity index (χ1v) is 12.3. The van der Waals surface area contributed by atoms with Gasteiger partial charge in [-0.15, -0.1) is 0 Å². The third-order valence-corrected chi connectivity index (χ3v) is 3.92. The molecule has 0 saturated carbocycles. The van der Waals surface area contributed by atoms with E-state index in [0.717, 1.165) is 30.5 Å². The molecule has 2 rings (SSSR count). The van der Waals surface area contributed by atoms with Crippen LogP contribution in [0.5, 0.6) is 0 Å². The smallest absolute Gasteiger partial charge is 0.420 e. The van der Waals surface area contributed by atoms with Gasteiger partial charge in [0.25, 0.3) is 0 Å². The van der Waals surface area contributed by atoms with Gasteiger partial charge in [0.15, 0.2) is 0 Å². The summed E-state index contributed by atoms with van der Waals surface area (Å²) in [7, 11) is -2.64. The van der Waals surface area contributed by atoms with E-state index in [2.05, 4.69) is 56.6 Å². The summed E-state index contributed by atoms with van der Waals surface area (Å²) in [4.78, 5) is 3.46. The average Bonchev–Trinajstić information content (AvgIpc) is 2.76. The molecule has 0 N–H and O–H groups in total. The van der Waals surface area contributed by atoms with E-state index < -0.39 is 27.2 Å². The van der Waals surface area contributed by atoms with Crippen LogP contribution in [0.1, 0.15) is 66.0 Å². The topological polar surface area (TPSA) is 46.5 Å². The molecule has 2 aromatic carbocycles. The summed E-state index contributed by atoms with van der Waals surface area (Å²) in [5.74, 6) is -1.87. The number of halogens is 2. The van der Waals surface area contributed by atoms with E-state index in [4.69, 9.17) is 0 Å². The Kier molecular flexibility index (Phi) is 37.8. The van der Waals surface area contributed by atoms with E-state index in [0.29, 0.717) is 6.07 Å². The molecule has 36 heavy (non-hydrogen) atoms. The van der Waals surface area contributed by atoms with Crippen molar-refractivity contribution in [3.05, 3.63) is 104 Å². The summed E-state index contributed by atoms with van der Waals surface area (Å²) in [5.41, 5.74) is 4.94. The second kappa shape index (κ2) is 30.3. The maximum atomic E-state index is 12.5. The molecule has 0 radical (unpaired) electrons. The van der Waals surface area contributed by atoms with Gasteiger partial charge in [0.1, 0.15) is 11.6 Å². The van der Waals surface area contributed by atoms with Crippen LogP contribution in [0.15, 0.2) is 76.3 Å². The predicted molar refractivity (Wildman–Crippen MR) is 150 cm³/mol. The Bertz CT molecular complexity index is 927. The van der Waals surface area contributed by atoms with E-state index in [1.165, 1.54) is 16.7 Å². The number of aryl methyl sites for hydroxylation is 2. The molecule has 3 nitrogen and oxygen atoms in total. The molecule has 0 spiro atoms. The molecule has 0 unspecified atom stereocenters. The van der Waals surface area contributed by atoms with Crippen LogP contribution in [0, 0.1) is 32.9 Å². The van der Waals surface area contributed by atoms with E-state index in [1.54, 1.807) is 6.21 Å². The number of allylic oxidation sites excluding steroid dienone is 2. The normalized spacial score (nSPS) is 8.67. The first kappa shape index (κ1) is 45.0. The average molecular weight is 548 g/mol. The fourth-order valence-electron chi connectivity index (χ4n) is 1.75. The third kappa shape index (κ3) is 29.3. The standard InChI is InChI=1S/C9H12.C8H13N.C6H3F2O2S.C3H7.C2H6.CH3.K/c1-3-9-6-4-8(2)5-7-9;1-7(2)5-9-6-8(3)4;7-4-1-2-6(11(9)10)5(8)3-4;1-3-2;1-2;;/h4-7H,3H2,1-2H3;5-6H,1H2,2-4H3;1-3H;1,3H2,2H3;1-2H3;1H3;/q;;2*-1;;-1;+1. The van der Waals surface area contributed by atoms with Gasteiger partial charge in [0, 0.05) is 18.5 Å². The first-order valence-electron chi connectivity index (χ1n) is 11.2. The zero-order chi connectivity index (χ0) is 27.1. The van der Waals surface area contributed by atoms with Crippen molar-refractivity contribution in [1.29, 1.82) is 0 Å². The summed E-state index contributed by atoms with van der Waals surface area (Å²) >= 11 is 0. The van der Waals surface area contributed by atoms with Crippen LogP contribution < -0.4 is 51.4 Å². The molecule has 0 aliphatic rings. The molecular formula is C29H44F2KNO2S-2. The monoisotopic (exact) mass is 547 g/mol. The molecule has 0 fully saturated rings. The van der Waals surface area contributed by atoms with Crippen molar-refractivity contribution in [2.24, 2.45) is 4.99 Å². The van der Waals surface area contributed by atoms with Crippen LogP contribution in [0.3, 0.4) is 0 Å². The van der Waals surface area contributed by atoms with Gasteiger partial charge in [-0.05, 0) is 66.9 Å². The Morgan fingerprint density at radius 1 is 1.03 bits per heavy atom. The van der Waals surface area contributed by atoms with Gasteiger partial charge >= 0.3 is 51.4 Å².